The Morgan fingerprint density at radius 1 is 1.25 bits per heavy atom. The molecule has 0 amide bonds. The van der Waals surface area contributed by atoms with Gasteiger partial charge < -0.3 is 0 Å². The summed E-state index contributed by atoms with van der Waals surface area (Å²) in [6, 6.07) is 0. The molecular formula is C7H13N5. The number of hydrogen-bond donors (Lipinski definition) is 1. The van der Waals surface area contributed by atoms with E-state index >= 15 is 0 Å². The first-order valence-corrected chi connectivity index (χ1v) is 4.32. The van der Waals surface area contributed by atoms with E-state index in [1.54, 1.807) is 6.21 Å². The van der Waals surface area contributed by atoms with Crippen LogP contribution >= 0.6 is 0 Å². The van der Waals surface area contributed by atoms with Gasteiger partial charge in [-0.15, -0.1) is 10.2 Å². The van der Waals surface area contributed by atoms with Crippen LogP contribution < -0.4 is 5.73 Å². The molecular weight excluding hydrogens is 154 g/mol. The Balaban J connectivity index is 2.06. The van der Waals surface area contributed by atoms with Crippen molar-refractivity contribution in [1.29, 1.82) is 0 Å². The zero-order chi connectivity index (χ0) is 8.44. The van der Waals surface area contributed by atoms with Gasteiger partial charge in [0.1, 0.15) is 0 Å². The molecule has 0 aromatic carbocycles. The van der Waals surface area contributed by atoms with E-state index < -0.39 is 5.79 Å². The minimum atomic E-state index is -0.736. The molecule has 2 aliphatic heterocycles. The summed E-state index contributed by atoms with van der Waals surface area (Å²) in [5.41, 5.74) is 5.95. The van der Waals surface area contributed by atoms with E-state index in [0.717, 1.165) is 13.1 Å². The lowest BCUT2D eigenvalue weighted by atomic mass is 10.1. The van der Waals surface area contributed by atoms with Crippen molar-refractivity contribution in [1.82, 2.24) is 4.90 Å². The van der Waals surface area contributed by atoms with Crippen LogP contribution in [-0.4, -0.2) is 30.0 Å². The Kier molecular flexibility index (Phi) is 1.90. The number of hydrogen-bond acceptors (Lipinski definition) is 5. The van der Waals surface area contributed by atoms with Gasteiger partial charge in [-0.05, 0) is 18.1 Å². The zero-order valence-corrected chi connectivity index (χ0v) is 6.98. The molecule has 2 heterocycles. The predicted octanol–water partition coefficient (Wildman–Crippen LogP) is 0.536. The molecule has 0 radical (unpaired) electrons. The lowest BCUT2D eigenvalue weighted by Crippen LogP contribution is -2.56. The quantitative estimate of drug-likeness (QED) is 0.619. The number of nitrogens with two attached hydrogens (primary N) is 1. The molecule has 0 aliphatic carbocycles. The fraction of sp³-hybridized carbons (Fsp3) is 0.857. The number of piperidine rings is 1. The van der Waals surface area contributed by atoms with Crippen molar-refractivity contribution in [3.63, 3.8) is 0 Å². The standard InChI is InChI=1S/C7H13N5/c8-7(6-9-11-10-7)12-4-2-1-3-5-12/h6H,1-5,8H2. The van der Waals surface area contributed by atoms with Gasteiger partial charge in [-0.1, -0.05) is 6.42 Å². The minimum absolute atomic E-state index is 0.736. The topological polar surface area (TPSA) is 66.3 Å². The monoisotopic (exact) mass is 167 g/mol. The zero-order valence-electron chi connectivity index (χ0n) is 6.98. The van der Waals surface area contributed by atoms with Crippen LogP contribution in [0, 0.1) is 0 Å². The summed E-state index contributed by atoms with van der Waals surface area (Å²) < 4.78 is 0. The summed E-state index contributed by atoms with van der Waals surface area (Å²) >= 11 is 0. The van der Waals surface area contributed by atoms with Gasteiger partial charge in [0.05, 0.1) is 6.21 Å². The van der Waals surface area contributed by atoms with Crippen molar-refractivity contribution in [2.24, 2.45) is 21.2 Å². The van der Waals surface area contributed by atoms with E-state index in [4.69, 9.17) is 5.73 Å². The van der Waals surface area contributed by atoms with Crippen LogP contribution in [0.25, 0.3) is 0 Å². The molecule has 12 heavy (non-hydrogen) atoms. The van der Waals surface area contributed by atoms with Gasteiger partial charge in [0.2, 0.25) is 5.79 Å². The smallest absolute Gasteiger partial charge is 0.225 e. The highest BCUT2D eigenvalue weighted by atomic mass is 15.5. The van der Waals surface area contributed by atoms with Gasteiger partial charge in [-0.3, -0.25) is 10.6 Å². The fourth-order valence-electron chi connectivity index (χ4n) is 1.63. The van der Waals surface area contributed by atoms with Crippen molar-refractivity contribution in [2.45, 2.75) is 25.0 Å². The molecule has 0 aromatic heterocycles. The molecule has 5 nitrogen and oxygen atoms in total. The third-order valence-corrected chi connectivity index (χ3v) is 2.37. The summed E-state index contributed by atoms with van der Waals surface area (Å²) in [5.74, 6) is -0.736. The van der Waals surface area contributed by atoms with E-state index in [0.29, 0.717) is 0 Å². The Bertz CT molecular complexity index is 204. The Labute approximate surface area is 71.3 Å². The molecule has 2 aliphatic rings. The maximum atomic E-state index is 5.95. The number of rotatable bonds is 1. The largest absolute Gasteiger partial charge is 0.288 e. The lowest BCUT2D eigenvalue weighted by molar-refractivity contribution is 0.132. The lowest BCUT2D eigenvalue weighted by Gasteiger charge is -2.34. The summed E-state index contributed by atoms with van der Waals surface area (Å²) in [6.45, 7) is 2.00. The van der Waals surface area contributed by atoms with Gasteiger partial charge in [-0.25, -0.2) is 0 Å². The highest BCUT2D eigenvalue weighted by molar-refractivity contribution is 5.69. The first-order chi connectivity index (χ1) is 5.81. The molecule has 0 aromatic rings. The first kappa shape index (κ1) is 7.82. The van der Waals surface area contributed by atoms with Crippen molar-refractivity contribution < 1.29 is 0 Å². The Morgan fingerprint density at radius 2 is 2.00 bits per heavy atom. The van der Waals surface area contributed by atoms with Crippen LogP contribution in [0.2, 0.25) is 0 Å². The van der Waals surface area contributed by atoms with Gasteiger partial charge in [0.15, 0.2) is 0 Å². The van der Waals surface area contributed by atoms with Crippen LogP contribution in [0.5, 0.6) is 0 Å². The van der Waals surface area contributed by atoms with E-state index in [9.17, 15) is 0 Å². The fourth-order valence-corrected chi connectivity index (χ4v) is 1.63. The van der Waals surface area contributed by atoms with Crippen LogP contribution in [0.3, 0.4) is 0 Å². The molecule has 5 heteroatoms. The summed E-state index contributed by atoms with van der Waals surface area (Å²) in [5, 5.41) is 11.1. The second-order valence-electron chi connectivity index (χ2n) is 3.26. The van der Waals surface area contributed by atoms with Crippen LogP contribution in [0.15, 0.2) is 15.4 Å². The maximum Gasteiger partial charge on any atom is 0.225 e. The van der Waals surface area contributed by atoms with Crippen LogP contribution in [-0.2, 0) is 0 Å². The molecule has 1 fully saturated rings. The number of nitrogens with zero attached hydrogens (tertiary/aromatic N) is 4. The molecule has 2 N–H and O–H groups in total. The minimum Gasteiger partial charge on any atom is -0.288 e. The van der Waals surface area contributed by atoms with Crippen molar-refractivity contribution >= 4 is 6.21 Å². The SMILES string of the molecule is NC1(N2CCCCC2)C=NN=N1. The molecule has 1 unspecified atom stereocenters. The molecule has 0 bridgehead atoms. The number of likely N-dealkylation sites (tertiary alicyclic amines) is 1. The normalized spacial score (nSPS) is 36.1. The second-order valence-corrected chi connectivity index (χ2v) is 3.26. The molecule has 2 rings (SSSR count). The summed E-state index contributed by atoms with van der Waals surface area (Å²) in [6.07, 6.45) is 5.30. The van der Waals surface area contributed by atoms with E-state index in [2.05, 4.69) is 20.3 Å². The van der Waals surface area contributed by atoms with Crippen molar-refractivity contribution in [3.8, 4) is 0 Å². The molecule has 66 valence electrons. The highest BCUT2D eigenvalue weighted by Crippen LogP contribution is 2.19. The van der Waals surface area contributed by atoms with Crippen LogP contribution in [0.1, 0.15) is 19.3 Å². The van der Waals surface area contributed by atoms with Gasteiger partial charge >= 0.3 is 0 Å². The Morgan fingerprint density at radius 3 is 2.58 bits per heavy atom. The average molecular weight is 167 g/mol. The molecule has 0 saturated carbocycles. The molecule has 1 atom stereocenters. The Hall–Kier alpha value is -0.810. The first-order valence-electron chi connectivity index (χ1n) is 4.32. The third kappa shape index (κ3) is 1.25. The molecule has 0 spiro atoms. The maximum absolute atomic E-state index is 5.95. The van der Waals surface area contributed by atoms with E-state index in [1.165, 1.54) is 19.3 Å². The van der Waals surface area contributed by atoms with Crippen molar-refractivity contribution in [2.75, 3.05) is 13.1 Å². The van der Waals surface area contributed by atoms with Crippen LogP contribution in [0.4, 0.5) is 0 Å². The summed E-state index contributed by atoms with van der Waals surface area (Å²) in [7, 11) is 0. The average Bonchev–Trinajstić information content (AvgIpc) is 2.55. The summed E-state index contributed by atoms with van der Waals surface area (Å²) in [4.78, 5) is 2.12. The van der Waals surface area contributed by atoms with Gasteiger partial charge in [-0.2, -0.15) is 0 Å². The predicted molar refractivity (Wildman–Crippen MR) is 45.7 cm³/mol. The van der Waals surface area contributed by atoms with Gasteiger partial charge in [0, 0.05) is 13.1 Å². The second kappa shape index (κ2) is 2.91. The highest BCUT2D eigenvalue weighted by Gasteiger charge is 2.34. The molecule has 1 saturated heterocycles. The van der Waals surface area contributed by atoms with Gasteiger partial charge in [0.25, 0.3) is 0 Å². The van der Waals surface area contributed by atoms with Crippen molar-refractivity contribution in [3.05, 3.63) is 0 Å². The third-order valence-electron chi connectivity index (χ3n) is 2.37. The van der Waals surface area contributed by atoms with E-state index in [-0.39, 0.29) is 0 Å². The van der Waals surface area contributed by atoms with E-state index in [1.807, 2.05) is 0 Å².